The van der Waals surface area contributed by atoms with Crippen LogP contribution in [0.25, 0.3) is 0 Å². The summed E-state index contributed by atoms with van der Waals surface area (Å²) in [6.07, 6.45) is 1.46. The summed E-state index contributed by atoms with van der Waals surface area (Å²) in [5.74, 6) is 0.297. The lowest BCUT2D eigenvalue weighted by molar-refractivity contribution is -0.139. The van der Waals surface area contributed by atoms with Gasteiger partial charge in [-0.25, -0.2) is 0 Å². The first-order chi connectivity index (χ1) is 10.3. The lowest BCUT2D eigenvalue weighted by Gasteiger charge is -2.16. The van der Waals surface area contributed by atoms with E-state index in [1.165, 1.54) is 0 Å². The van der Waals surface area contributed by atoms with Gasteiger partial charge in [0.2, 0.25) is 0 Å². The van der Waals surface area contributed by atoms with Crippen molar-refractivity contribution in [1.82, 2.24) is 5.32 Å². The van der Waals surface area contributed by atoms with Crippen LogP contribution in [0.5, 0.6) is 5.75 Å². The quantitative estimate of drug-likeness (QED) is 0.627. The molecule has 3 heteroatoms. The number of esters is 1. The molecule has 110 valence electrons. The fourth-order valence-corrected chi connectivity index (χ4v) is 2.21. The number of ether oxygens (including phenoxy) is 1. The van der Waals surface area contributed by atoms with Crippen molar-refractivity contribution in [2.75, 3.05) is 13.6 Å². The van der Waals surface area contributed by atoms with Crippen LogP contribution in [-0.4, -0.2) is 19.6 Å². The van der Waals surface area contributed by atoms with Gasteiger partial charge in [0, 0.05) is 0 Å². The van der Waals surface area contributed by atoms with E-state index in [0.717, 1.165) is 18.5 Å². The van der Waals surface area contributed by atoms with Crippen molar-refractivity contribution in [3.63, 3.8) is 0 Å². The second-order valence-electron chi connectivity index (χ2n) is 5.01. The molecule has 21 heavy (non-hydrogen) atoms. The lowest BCUT2D eigenvalue weighted by atomic mass is 9.96. The van der Waals surface area contributed by atoms with Gasteiger partial charge < -0.3 is 10.1 Å². The van der Waals surface area contributed by atoms with E-state index in [-0.39, 0.29) is 11.9 Å². The lowest BCUT2D eigenvalue weighted by Crippen LogP contribution is -2.26. The Kier molecular flexibility index (Phi) is 5.98. The third-order valence-corrected chi connectivity index (χ3v) is 3.36. The molecular formula is C18H21NO2. The average molecular weight is 283 g/mol. The Morgan fingerprint density at radius 2 is 1.67 bits per heavy atom. The average Bonchev–Trinajstić information content (AvgIpc) is 2.53. The van der Waals surface area contributed by atoms with Gasteiger partial charge in [0.05, 0.1) is 5.92 Å². The van der Waals surface area contributed by atoms with Crippen molar-refractivity contribution >= 4 is 5.97 Å². The number of benzene rings is 2. The van der Waals surface area contributed by atoms with Crippen LogP contribution in [0, 0.1) is 5.92 Å². The molecule has 0 spiro atoms. The highest BCUT2D eigenvalue weighted by atomic mass is 16.5. The highest BCUT2D eigenvalue weighted by molar-refractivity contribution is 5.75. The largest absolute Gasteiger partial charge is 0.426 e. The summed E-state index contributed by atoms with van der Waals surface area (Å²) in [6.45, 7) is 0.793. The molecule has 3 nitrogen and oxygen atoms in total. The van der Waals surface area contributed by atoms with E-state index in [2.05, 4.69) is 5.32 Å². The zero-order valence-corrected chi connectivity index (χ0v) is 12.3. The predicted octanol–water partition coefficient (Wildman–Crippen LogP) is 3.06. The van der Waals surface area contributed by atoms with Gasteiger partial charge in [0.25, 0.3) is 0 Å². The summed E-state index contributed by atoms with van der Waals surface area (Å²) in [4.78, 5) is 12.4. The summed E-state index contributed by atoms with van der Waals surface area (Å²) < 4.78 is 5.48. The molecule has 0 saturated carbocycles. The highest BCUT2D eigenvalue weighted by Crippen LogP contribution is 2.17. The van der Waals surface area contributed by atoms with Crippen LogP contribution in [0.2, 0.25) is 0 Å². The molecule has 0 aliphatic carbocycles. The fourth-order valence-electron chi connectivity index (χ4n) is 2.21. The molecule has 0 bridgehead atoms. The Hall–Kier alpha value is -2.13. The van der Waals surface area contributed by atoms with E-state index >= 15 is 0 Å². The van der Waals surface area contributed by atoms with Crippen molar-refractivity contribution in [2.45, 2.75) is 12.8 Å². The normalized spacial score (nSPS) is 11.9. The highest BCUT2D eigenvalue weighted by Gasteiger charge is 2.20. The fraction of sp³-hybridized carbons (Fsp3) is 0.278. The molecule has 0 radical (unpaired) electrons. The summed E-state index contributed by atoms with van der Waals surface area (Å²) in [7, 11) is 1.89. The Morgan fingerprint density at radius 1 is 1.05 bits per heavy atom. The number of carbonyl (C=O) groups is 1. The first kappa shape index (κ1) is 15.3. The maximum atomic E-state index is 12.4. The minimum Gasteiger partial charge on any atom is -0.426 e. The molecule has 2 rings (SSSR count). The molecule has 2 aromatic carbocycles. The van der Waals surface area contributed by atoms with Gasteiger partial charge >= 0.3 is 5.97 Å². The summed E-state index contributed by atoms with van der Waals surface area (Å²) in [6, 6.07) is 19.3. The molecule has 0 heterocycles. The molecule has 0 saturated heterocycles. The molecule has 0 aliphatic rings. The van der Waals surface area contributed by atoms with Gasteiger partial charge in [0.1, 0.15) is 5.75 Å². The zero-order valence-electron chi connectivity index (χ0n) is 12.3. The summed E-state index contributed by atoms with van der Waals surface area (Å²) >= 11 is 0. The van der Waals surface area contributed by atoms with E-state index in [9.17, 15) is 4.79 Å². The molecule has 2 aromatic rings. The minimum absolute atomic E-state index is 0.139. The molecular weight excluding hydrogens is 262 g/mol. The summed E-state index contributed by atoms with van der Waals surface area (Å²) in [5, 5.41) is 3.09. The standard InChI is InChI=1S/C18H21NO2/c1-19-13-12-16(14-15-8-4-2-5-9-15)18(20)21-17-10-6-3-7-11-17/h2-11,16,19H,12-14H2,1H3. The number of carbonyl (C=O) groups excluding carboxylic acids is 1. The molecule has 1 N–H and O–H groups in total. The molecule has 1 atom stereocenters. The van der Waals surface area contributed by atoms with Crippen LogP contribution >= 0.6 is 0 Å². The predicted molar refractivity (Wildman–Crippen MR) is 84.3 cm³/mol. The number of hydrogen-bond donors (Lipinski definition) is 1. The molecule has 0 aromatic heterocycles. The summed E-state index contributed by atoms with van der Waals surface area (Å²) in [5.41, 5.74) is 1.16. The van der Waals surface area contributed by atoms with Crippen molar-refractivity contribution < 1.29 is 9.53 Å². The van der Waals surface area contributed by atoms with Gasteiger partial charge in [0.15, 0.2) is 0 Å². The first-order valence-electron chi connectivity index (χ1n) is 7.25. The second kappa shape index (κ2) is 8.22. The van der Waals surface area contributed by atoms with Crippen molar-refractivity contribution in [3.8, 4) is 5.75 Å². The number of rotatable bonds is 7. The molecule has 0 amide bonds. The third kappa shape index (κ3) is 5.04. The Bertz CT molecular complexity index is 540. The first-order valence-corrected chi connectivity index (χ1v) is 7.25. The molecule has 0 fully saturated rings. The molecule has 1 unspecified atom stereocenters. The number of nitrogens with one attached hydrogen (secondary N) is 1. The van der Waals surface area contributed by atoms with E-state index in [0.29, 0.717) is 12.2 Å². The Morgan fingerprint density at radius 3 is 2.29 bits per heavy atom. The topological polar surface area (TPSA) is 38.3 Å². The van der Waals surface area contributed by atoms with Crippen molar-refractivity contribution in [2.24, 2.45) is 5.92 Å². The maximum Gasteiger partial charge on any atom is 0.314 e. The van der Waals surface area contributed by atoms with Crippen LogP contribution in [0.15, 0.2) is 60.7 Å². The monoisotopic (exact) mass is 283 g/mol. The Labute approximate surface area is 126 Å². The van der Waals surface area contributed by atoms with E-state index in [4.69, 9.17) is 4.74 Å². The zero-order chi connectivity index (χ0) is 14.9. The van der Waals surface area contributed by atoms with Crippen LogP contribution in [-0.2, 0) is 11.2 Å². The van der Waals surface area contributed by atoms with Gasteiger partial charge in [-0.05, 0) is 44.1 Å². The SMILES string of the molecule is CNCCC(Cc1ccccc1)C(=O)Oc1ccccc1. The third-order valence-electron chi connectivity index (χ3n) is 3.36. The van der Waals surface area contributed by atoms with Crippen LogP contribution in [0.1, 0.15) is 12.0 Å². The van der Waals surface area contributed by atoms with E-state index in [1.807, 2.05) is 55.6 Å². The van der Waals surface area contributed by atoms with Crippen LogP contribution < -0.4 is 10.1 Å². The number of hydrogen-bond acceptors (Lipinski definition) is 3. The smallest absolute Gasteiger partial charge is 0.314 e. The second-order valence-corrected chi connectivity index (χ2v) is 5.01. The molecule has 0 aliphatic heterocycles. The number of para-hydroxylation sites is 1. The van der Waals surface area contributed by atoms with E-state index in [1.54, 1.807) is 12.1 Å². The van der Waals surface area contributed by atoms with Crippen LogP contribution in [0.3, 0.4) is 0 Å². The van der Waals surface area contributed by atoms with E-state index < -0.39 is 0 Å². The van der Waals surface area contributed by atoms with Crippen molar-refractivity contribution in [3.05, 3.63) is 66.2 Å². The van der Waals surface area contributed by atoms with Crippen molar-refractivity contribution in [1.29, 1.82) is 0 Å². The minimum atomic E-state index is -0.166. The van der Waals surface area contributed by atoms with Gasteiger partial charge in [-0.2, -0.15) is 0 Å². The van der Waals surface area contributed by atoms with Crippen LogP contribution in [0.4, 0.5) is 0 Å². The van der Waals surface area contributed by atoms with Gasteiger partial charge in [-0.3, -0.25) is 4.79 Å². The maximum absolute atomic E-state index is 12.4. The van der Waals surface area contributed by atoms with Gasteiger partial charge in [-0.1, -0.05) is 48.5 Å². The Balaban J connectivity index is 2.02. The van der Waals surface area contributed by atoms with Gasteiger partial charge in [-0.15, -0.1) is 0 Å².